The van der Waals surface area contributed by atoms with Gasteiger partial charge in [0.15, 0.2) is 0 Å². The van der Waals surface area contributed by atoms with Gasteiger partial charge in [-0.2, -0.15) is 5.10 Å². The molecule has 1 heterocycles. The molecule has 2 atom stereocenters. The molecule has 108 valence electrons. The van der Waals surface area contributed by atoms with Crippen molar-refractivity contribution in [2.75, 3.05) is 0 Å². The molecule has 2 rings (SSSR count). The molecule has 2 unspecified atom stereocenters. The molecular formula is C17H25N3. The number of hydrogen-bond acceptors (Lipinski definition) is 2. The maximum atomic E-state index is 4.33. The maximum absolute atomic E-state index is 4.33. The van der Waals surface area contributed by atoms with E-state index in [0.717, 1.165) is 0 Å². The zero-order chi connectivity index (χ0) is 14.9. The highest BCUT2D eigenvalue weighted by Gasteiger charge is 2.16. The first-order chi connectivity index (χ1) is 9.40. The van der Waals surface area contributed by atoms with Gasteiger partial charge in [-0.15, -0.1) is 0 Å². The Morgan fingerprint density at radius 3 is 2.30 bits per heavy atom. The fourth-order valence-electron chi connectivity index (χ4n) is 2.72. The highest BCUT2D eigenvalue weighted by Crippen LogP contribution is 2.24. The Labute approximate surface area is 122 Å². The van der Waals surface area contributed by atoms with Gasteiger partial charge in [0.1, 0.15) is 0 Å². The number of benzene rings is 1. The molecule has 0 bridgehead atoms. The smallest absolute Gasteiger partial charge is 0.0540 e. The molecule has 1 aromatic heterocycles. The summed E-state index contributed by atoms with van der Waals surface area (Å²) in [5.41, 5.74) is 6.51. The molecule has 0 aliphatic rings. The second-order valence-electron chi connectivity index (χ2n) is 5.78. The van der Waals surface area contributed by atoms with E-state index >= 15 is 0 Å². The topological polar surface area (TPSA) is 29.9 Å². The third kappa shape index (κ3) is 2.93. The molecule has 0 saturated carbocycles. The molecular weight excluding hydrogens is 246 g/mol. The van der Waals surface area contributed by atoms with Crippen LogP contribution >= 0.6 is 0 Å². The summed E-state index contributed by atoms with van der Waals surface area (Å²) in [6, 6.07) is 7.25. The van der Waals surface area contributed by atoms with Gasteiger partial charge < -0.3 is 5.32 Å². The van der Waals surface area contributed by atoms with Crippen LogP contribution in [0.1, 0.15) is 53.9 Å². The quantitative estimate of drug-likeness (QED) is 0.917. The molecule has 3 heteroatoms. The average molecular weight is 271 g/mol. The van der Waals surface area contributed by atoms with Crippen molar-refractivity contribution in [3.8, 4) is 0 Å². The molecule has 0 saturated heterocycles. The lowest BCUT2D eigenvalue weighted by Gasteiger charge is -2.22. The SMILES string of the molecule is Cc1ccc(C)c(C(C)NC(C)c2cnn(C)c2C)c1. The first kappa shape index (κ1) is 14.8. The molecule has 0 aliphatic carbocycles. The summed E-state index contributed by atoms with van der Waals surface area (Å²) >= 11 is 0. The van der Waals surface area contributed by atoms with Crippen LogP contribution in [0.3, 0.4) is 0 Å². The number of aryl methyl sites for hydroxylation is 3. The Kier molecular flexibility index (Phi) is 4.29. The Bertz CT molecular complexity index is 598. The molecule has 0 radical (unpaired) electrons. The first-order valence-corrected chi connectivity index (χ1v) is 7.22. The lowest BCUT2D eigenvalue weighted by molar-refractivity contribution is 0.491. The monoisotopic (exact) mass is 271 g/mol. The van der Waals surface area contributed by atoms with Crippen LogP contribution in [0.25, 0.3) is 0 Å². The van der Waals surface area contributed by atoms with Crippen LogP contribution in [0.15, 0.2) is 24.4 Å². The van der Waals surface area contributed by atoms with E-state index in [0.29, 0.717) is 12.1 Å². The van der Waals surface area contributed by atoms with E-state index in [1.54, 1.807) is 0 Å². The standard InChI is InChI=1S/C17H25N3/c1-11-7-8-12(2)16(9-11)13(3)19-14(4)17-10-18-20(6)15(17)5/h7-10,13-14,19H,1-6H3. The molecule has 2 aromatic rings. The first-order valence-electron chi connectivity index (χ1n) is 7.22. The minimum atomic E-state index is 0.290. The van der Waals surface area contributed by atoms with Crippen LogP contribution < -0.4 is 5.32 Å². The molecule has 20 heavy (non-hydrogen) atoms. The van der Waals surface area contributed by atoms with E-state index < -0.39 is 0 Å². The number of nitrogens with zero attached hydrogens (tertiary/aromatic N) is 2. The van der Waals surface area contributed by atoms with E-state index in [-0.39, 0.29) is 0 Å². The zero-order valence-electron chi connectivity index (χ0n) is 13.4. The van der Waals surface area contributed by atoms with Gasteiger partial charge in [-0.05, 0) is 45.7 Å². The molecule has 1 N–H and O–H groups in total. The van der Waals surface area contributed by atoms with Crippen LogP contribution in [0.2, 0.25) is 0 Å². The number of rotatable bonds is 4. The van der Waals surface area contributed by atoms with Crippen LogP contribution in [0.4, 0.5) is 0 Å². The predicted octanol–water partition coefficient (Wildman–Crippen LogP) is 3.76. The predicted molar refractivity (Wildman–Crippen MR) is 83.8 cm³/mol. The fraction of sp³-hybridized carbons (Fsp3) is 0.471. The molecule has 1 aromatic carbocycles. The molecule has 0 spiro atoms. The molecule has 0 aliphatic heterocycles. The Morgan fingerprint density at radius 2 is 1.70 bits per heavy atom. The second kappa shape index (κ2) is 5.80. The number of aromatic nitrogens is 2. The summed E-state index contributed by atoms with van der Waals surface area (Å²) in [6.07, 6.45) is 1.96. The zero-order valence-corrected chi connectivity index (χ0v) is 13.4. The molecule has 3 nitrogen and oxygen atoms in total. The number of nitrogens with one attached hydrogen (secondary N) is 1. The largest absolute Gasteiger partial charge is 0.304 e. The van der Waals surface area contributed by atoms with E-state index in [1.807, 2.05) is 17.9 Å². The van der Waals surface area contributed by atoms with Gasteiger partial charge in [-0.25, -0.2) is 0 Å². The van der Waals surface area contributed by atoms with Crippen molar-refractivity contribution < 1.29 is 0 Å². The van der Waals surface area contributed by atoms with Crippen LogP contribution in [-0.4, -0.2) is 9.78 Å². The summed E-state index contributed by atoms with van der Waals surface area (Å²) in [7, 11) is 1.99. The molecule has 0 amide bonds. The van der Waals surface area contributed by atoms with Crippen LogP contribution in [0.5, 0.6) is 0 Å². The minimum absolute atomic E-state index is 0.290. The van der Waals surface area contributed by atoms with Gasteiger partial charge in [0.25, 0.3) is 0 Å². The summed E-state index contributed by atoms with van der Waals surface area (Å²) in [6.45, 7) is 10.9. The minimum Gasteiger partial charge on any atom is -0.304 e. The van der Waals surface area contributed by atoms with Gasteiger partial charge in [0.2, 0.25) is 0 Å². The Morgan fingerprint density at radius 1 is 1.05 bits per heavy atom. The fourth-order valence-corrected chi connectivity index (χ4v) is 2.72. The van der Waals surface area contributed by atoms with Crippen molar-refractivity contribution in [1.82, 2.24) is 15.1 Å². The maximum Gasteiger partial charge on any atom is 0.0540 e. The van der Waals surface area contributed by atoms with Gasteiger partial charge in [-0.1, -0.05) is 23.8 Å². The second-order valence-corrected chi connectivity index (χ2v) is 5.78. The normalized spacial score (nSPS) is 14.3. The summed E-state index contributed by atoms with van der Waals surface area (Å²) < 4.78 is 1.93. The van der Waals surface area contributed by atoms with Gasteiger partial charge in [0.05, 0.1) is 6.20 Å². The summed E-state index contributed by atoms with van der Waals surface area (Å²) in [5, 5.41) is 8.01. The Hall–Kier alpha value is -1.61. The summed E-state index contributed by atoms with van der Waals surface area (Å²) in [5.74, 6) is 0. The van der Waals surface area contributed by atoms with Crippen molar-refractivity contribution >= 4 is 0 Å². The highest BCUT2D eigenvalue weighted by molar-refractivity contribution is 5.33. The van der Waals surface area contributed by atoms with Crippen molar-refractivity contribution in [3.63, 3.8) is 0 Å². The van der Waals surface area contributed by atoms with Crippen molar-refractivity contribution in [1.29, 1.82) is 0 Å². The van der Waals surface area contributed by atoms with E-state index in [2.05, 4.69) is 63.2 Å². The highest BCUT2D eigenvalue weighted by atomic mass is 15.3. The number of hydrogen-bond donors (Lipinski definition) is 1. The van der Waals surface area contributed by atoms with Gasteiger partial charge >= 0.3 is 0 Å². The molecule has 0 fully saturated rings. The van der Waals surface area contributed by atoms with E-state index in [9.17, 15) is 0 Å². The van der Waals surface area contributed by atoms with Crippen LogP contribution in [-0.2, 0) is 7.05 Å². The lowest BCUT2D eigenvalue weighted by Crippen LogP contribution is -2.23. The van der Waals surface area contributed by atoms with Crippen molar-refractivity contribution in [2.45, 2.75) is 46.7 Å². The lowest BCUT2D eigenvalue weighted by atomic mass is 9.98. The van der Waals surface area contributed by atoms with E-state index in [4.69, 9.17) is 0 Å². The van der Waals surface area contributed by atoms with Crippen molar-refractivity contribution in [2.24, 2.45) is 7.05 Å². The van der Waals surface area contributed by atoms with E-state index in [1.165, 1.54) is 27.9 Å². The third-order valence-corrected chi connectivity index (χ3v) is 4.14. The average Bonchev–Trinajstić information content (AvgIpc) is 2.73. The van der Waals surface area contributed by atoms with Crippen LogP contribution in [0, 0.1) is 20.8 Å². The third-order valence-electron chi connectivity index (χ3n) is 4.14. The van der Waals surface area contributed by atoms with Gasteiger partial charge in [0, 0.05) is 30.4 Å². The van der Waals surface area contributed by atoms with Crippen molar-refractivity contribution in [3.05, 3.63) is 52.3 Å². The summed E-state index contributed by atoms with van der Waals surface area (Å²) in [4.78, 5) is 0. The Balaban J connectivity index is 2.17. The van der Waals surface area contributed by atoms with Gasteiger partial charge in [-0.3, -0.25) is 4.68 Å².